The number of hydrogen-bond acceptors (Lipinski definition) is 3. The molecular formula is C57H36N5S+. The highest BCUT2D eigenvalue weighted by atomic mass is 32.1. The molecule has 0 N–H and O–H groups in total. The zero-order chi connectivity index (χ0) is 41.4. The van der Waals surface area contributed by atoms with E-state index >= 15 is 0 Å². The van der Waals surface area contributed by atoms with Gasteiger partial charge in [-0.25, -0.2) is 0 Å². The number of benzene rings is 9. The summed E-state index contributed by atoms with van der Waals surface area (Å²) in [4.78, 5) is 10.2. The minimum atomic E-state index is 0.693. The Bertz CT molecular complexity index is 3900. The smallest absolute Gasteiger partial charge is 0.307 e. The SMILES string of the molecule is c1ccc(-c2nc[n+](-c3ccc(-n4c5ccccc5c5cc(-c6ccc7c(c6)c6ccccc6n7-c6ccccc6)ccc54)c4c3sc3ccccc34)c(-c3ccccc3)n2)cc1. The van der Waals surface area contributed by atoms with Gasteiger partial charge < -0.3 is 9.13 Å². The summed E-state index contributed by atoms with van der Waals surface area (Å²) in [6.07, 6.45) is 1.94. The molecule has 5 nitrogen and oxygen atoms in total. The molecular weight excluding hydrogens is 787 g/mol. The fourth-order valence-electron chi connectivity index (χ4n) is 9.64. The average molecular weight is 823 g/mol. The largest absolute Gasteiger partial charge is 0.309 e. The van der Waals surface area contributed by atoms with Gasteiger partial charge in [0.05, 0.1) is 43.6 Å². The highest BCUT2D eigenvalue weighted by molar-refractivity contribution is 7.26. The molecule has 0 aliphatic heterocycles. The van der Waals surface area contributed by atoms with Crippen LogP contribution in [-0.2, 0) is 0 Å². The number of aromatic nitrogens is 5. The van der Waals surface area contributed by atoms with Crippen molar-refractivity contribution in [3.8, 4) is 51.0 Å². The van der Waals surface area contributed by atoms with Gasteiger partial charge in [0, 0.05) is 42.7 Å². The van der Waals surface area contributed by atoms with Crippen LogP contribution < -0.4 is 4.57 Å². The quantitative estimate of drug-likeness (QED) is 0.157. The van der Waals surface area contributed by atoms with E-state index in [0.717, 1.165) is 34.0 Å². The first-order chi connectivity index (χ1) is 31.3. The van der Waals surface area contributed by atoms with Crippen LogP contribution in [-0.4, -0.2) is 19.1 Å². The van der Waals surface area contributed by atoms with E-state index in [9.17, 15) is 0 Å². The van der Waals surface area contributed by atoms with Gasteiger partial charge >= 0.3 is 5.82 Å². The second-order valence-electron chi connectivity index (χ2n) is 16.0. The highest BCUT2D eigenvalue weighted by Gasteiger charge is 2.25. The molecule has 0 saturated carbocycles. The molecule has 63 heavy (non-hydrogen) atoms. The van der Waals surface area contributed by atoms with Crippen molar-refractivity contribution in [2.24, 2.45) is 0 Å². The topological polar surface area (TPSA) is 39.5 Å². The van der Waals surface area contributed by atoms with Gasteiger partial charge in [0.1, 0.15) is 5.69 Å². The van der Waals surface area contributed by atoms with Crippen LogP contribution in [0.2, 0.25) is 0 Å². The van der Waals surface area contributed by atoms with E-state index in [1.807, 2.05) is 41.9 Å². The minimum absolute atomic E-state index is 0.693. The maximum absolute atomic E-state index is 5.23. The molecule has 0 fully saturated rings. The van der Waals surface area contributed by atoms with Crippen LogP contribution in [0.3, 0.4) is 0 Å². The van der Waals surface area contributed by atoms with Crippen LogP contribution in [0.5, 0.6) is 0 Å². The molecule has 0 aliphatic carbocycles. The van der Waals surface area contributed by atoms with Gasteiger partial charge in [0.2, 0.25) is 6.33 Å². The third-order valence-electron chi connectivity index (χ3n) is 12.5. The van der Waals surface area contributed by atoms with E-state index in [-0.39, 0.29) is 0 Å². The molecule has 0 unspecified atom stereocenters. The Kier molecular flexibility index (Phi) is 8.01. The minimum Gasteiger partial charge on any atom is -0.309 e. The van der Waals surface area contributed by atoms with Crippen LogP contribution in [0.25, 0.3) is 115 Å². The maximum Gasteiger partial charge on any atom is 0.307 e. The average Bonchev–Trinajstić information content (AvgIpc) is 4.02. The Balaban J connectivity index is 1.01. The summed E-state index contributed by atoms with van der Waals surface area (Å²) in [7, 11) is 0. The maximum atomic E-state index is 5.23. The molecule has 0 spiro atoms. The number of nitrogens with zero attached hydrogens (tertiary/aromatic N) is 5. The second-order valence-corrected chi connectivity index (χ2v) is 17.1. The Morgan fingerprint density at radius 3 is 1.63 bits per heavy atom. The molecule has 9 aromatic carbocycles. The number of hydrogen-bond donors (Lipinski definition) is 0. The van der Waals surface area contributed by atoms with Crippen molar-refractivity contribution in [2.45, 2.75) is 0 Å². The van der Waals surface area contributed by atoms with Crippen molar-refractivity contribution >= 4 is 75.1 Å². The number of rotatable bonds is 6. The van der Waals surface area contributed by atoms with E-state index in [2.05, 4.69) is 202 Å². The van der Waals surface area contributed by atoms with Gasteiger partial charge in [-0.1, -0.05) is 131 Å². The zero-order valence-electron chi connectivity index (χ0n) is 33.9. The molecule has 294 valence electrons. The molecule has 4 aromatic heterocycles. The summed E-state index contributed by atoms with van der Waals surface area (Å²) < 4.78 is 9.41. The lowest BCUT2D eigenvalue weighted by Crippen LogP contribution is -2.35. The molecule has 0 saturated heterocycles. The lowest BCUT2D eigenvalue weighted by molar-refractivity contribution is -0.588. The first-order valence-corrected chi connectivity index (χ1v) is 22.1. The molecule has 0 radical (unpaired) electrons. The van der Waals surface area contributed by atoms with Gasteiger partial charge in [-0.3, -0.25) is 0 Å². The van der Waals surface area contributed by atoms with Crippen molar-refractivity contribution < 1.29 is 4.57 Å². The van der Waals surface area contributed by atoms with E-state index < -0.39 is 0 Å². The van der Waals surface area contributed by atoms with E-state index in [1.165, 1.54) is 74.9 Å². The summed E-state index contributed by atoms with van der Waals surface area (Å²) in [6, 6.07) is 76.1. The van der Waals surface area contributed by atoms with Crippen molar-refractivity contribution in [1.82, 2.24) is 19.1 Å². The first-order valence-electron chi connectivity index (χ1n) is 21.2. The Morgan fingerprint density at radius 1 is 0.413 bits per heavy atom. The standard InChI is InChI=1S/C57H36N5S/c1-4-16-37(17-5-1)56-58-36-60(57(59-56)38-18-6-2-7-19-38)52-33-32-51(54-44-24-12-15-27-53(44)63-55(52)54)62-48-26-14-11-23-43(48)46-35-40(29-31-50(46)62)39-28-30-49-45(34-39)42-22-10-13-25-47(42)61(49)41-20-8-3-9-21-41/h1-36H/q+1. The predicted molar refractivity (Wildman–Crippen MR) is 261 cm³/mol. The fourth-order valence-corrected chi connectivity index (χ4v) is 10.9. The molecule has 6 heteroatoms. The van der Waals surface area contributed by atoms with Crippen molar-refractivity contribution in [2.75, 3.05) is 0 Å². The Labute approximate surface area is 366 Å². The summed E-state index contributed by atoms with van der Waals surface area (Å²) in [6.45, 7) is 0. The number of para-hydroxylation sites is 3. The monoisotopic (exact) mass is 822 g/mol. The fraction of sp³-hybridized carbons (Fsp3) is 0. The van der Waals surface area contributed by atoms with Crippen molar-refractivity contribution in [3.05, 3.63) is 219 Å². The third kappa shape index (κ3) is 5.59. The van der Waals surface area contributed by atoms with Crippen LogP contribution in [0.15, 0.2) is 219 Å². The molecule has 0 aliphatic rings. The van der Waals surface area contributed by atoms with Crippen molar-refractivity contribution in [1.29, 1.82) is 0 Å². The normalized spacial score (nSPS) is 11.8. The lowest BCUT2D eigenvalue weighted by atomic mass is 10.0. The number of fused-ring (bicyclic) bond motifs is 9. The molecule has 4 heterocycles. The predicted octanol–water partition coefficient (Wildman–Crippen LogP) is 14.3. The lowest BCUT2D eigenvalue weighted by Gasteiger charge is -2.13. The Morgan fingerprint density at radius 2 is 0.952 bits per heavy atom. The summed E-state index contributed by atoms with van der Waals surface area (Å²) >= 11 is 1.82. The van der Waals surface area contributed by atoms with E-state index in [1.54, 1.807) is 0 Å². The van der Waals surface area contributed by atoms with Gasteiger partial charge in [0.25, 0.3) is 5.82 Å². The highest BCUT2D eigenvalue weighted by Crippen LogP contribution is 2.44. The van der Waals surface area contributed by atoms with E-state index in [0.29, 0.717) is 5.82 Å². The van der Waals surface area contributed by atoms with Crippen LogP contribution in [0.4, 0.5) is 0 Å². The van der Waals surface area contributed by atoms with Crippen LogP contribution >= 0.6 is 11.3 Å². The molecule has 13 rings (SSSR count). The molecule has 0 atom stereocenters. The van der Waals surface area contributed by atoms with Gasteiger partial charge in [0.15, 0.2) is 0 Å². The first kappa shape index (κ1) is 35.6. The Hall–Kier alpha value is -8.19. The van der Waals surface area contributed by atoms with Gasteiger partial charge in [-0.2, -0.15) is 4.57 Å². The summed E-state index contributed by atoms with van der Waals surface area (Å²) in [5, 5.41) is 7.37. The third-order valence-corrected chi connectivity index (χ3v) is 13.7. The van der Waals surface area contributed by atoms with Crippen molar-refractivity contribution in [3.63, 3.8) is 0 Å². The van der Waals surface area contributed by atoms with Gasteiger partial charge in [-0.15, -0.1) is 11.3 Å². The van der Waals surface area contributed by atoms with Crippen LogP contribution in [0, 0.1) is 0 Å². The zero-order valence-corrected chi connectivity index (χ0v) is 34.7. The molecule has 0 amide bonds. The van der Waals surface area contributed by atoms with Crippen LogP contribution in [0.1, 0.15) is 0 Å². The van der Waals surface area contributed by atoms with E-state index in [4.69, 9.17) is 9.97 Å². The summed E-state index contributed by atoms with van der Waals surface area (Å²) in [5.74, 6) is 1.53. The van der Waals surface area contributed by atoms with Gasteiger partial charge in [-0.05, 0) is 102 Å². The summed E-state index contributed by atoms with van der Waals surface area (Å²) in [5.41, 5.74) is 12.5. The second kappa shape index (κ2) is 14.2. The number of thiophene rings is 1. The molecule has 13 aromatic rings. The molecule has 0 bridgehead atoms.